The van der Waals surface area contributed by atoms with Gasteiger partial charge in [-0.1, -0.05) is 15.9 Å². The highest BCUT2D eigenvalue weighted by molar-refractivity contribution is 9.09. The van der Waals surface area contributed by atoms with Crippen molar-refractivity contribution in [2.24, 2.45) is 0 Å². The lowest BCUT2D eigenvalue weighted by molar-refractivity contribution is -0.386. The Hall–Kier alpha value is -1.69. The molecule has 3 N–H and O–H groups in total. The number of hydrogen-bond acceptors (Lipinski definition) is 6. The molecule has 18 heavy (non-hydrogen) atoms. The van der Waals surface area contributed by atoms with Gasteiger partial charge in [-0.05, 0) is 6.07 Å². The van der Waals surface area contributed by atoms with Gasteiger partial charge in [0.15, 0.2) is 5.75 Å². The van der Waals surface area contributed by atoms with Crippen LogP contribution in [-0.2, 0) is 0 Å². The molecule has 0 heterocycles. The molecule has 0 bridgehead atoms. The van der Waals surface area contributed by atoms with Crippen LogP contribution in [0.1, 0.15) is 17.2 Å². The monoisotopic (exact) mass is 316 g/mol. The molecule has 96 valence electrons. The Morgan fingerprint density at radius 3 is 2.56 bits per heavy atom. The Morgan fingerprint density at radius 1 is 1.50 bits per heavy atom. The van der Waals surface area contributed by atoms with E-state index in [1.165, 1.54) is 0 Å². The number of phenolic OH excluding ortho intramolecular Hbond substituents is 1. The molecule has 0 saturated heterocycles. The van der Waals surface area contributed by atoms with E-state index < -0.39 is 28.6 Å². The van der Waals surface area contributed by atoms with Gasteiger partial charge in [0.1, 0.15) is 6.10 Å². The first kappa shape index (κ1) is 14.4. The molecule has 8 heteroatoms. The summed E-state index contributed by atoms with van der Waals surface area (Å²) in [6, 6.07) is 3.67. The number of halogens is 1. The fourth-order valence-corrected chi connectivity index (χ4v) is 1.72. The molecule has 0 saturated carbocycles. The second-order valence-electron chi connectivity index (χ2n) is 3.47. The zero-order valence-corrected chi connectivity index (χ0v) is 10.5. The van der Waals surface area contributed by atoms with Crippen molar-refractivity contribution in [3.63, 3.8) is 0 Å². The normalized spacial score (nSPS) is 13.7. The van der Waals surface area contributed by atoms with Gasteiger partial charge in [-0.3, -0.25) is 10.1 Å². The maximum Gasteiger partial charge on any atom is 0.312 e. The number of rotatable bonds is 4. The number of nitro groups is 1. The van der Waals surface area contributed by atoms with Crippen LogP contribution in [0.15, 0.2) is 12.1 Å². The average molecular weight is 317 g/mol. The molecule has 0 spiro atoms. The van der Waals surface area contributed by atoms with Gasteiger partial charge in [0.2, 0.25) is 0 Å². The third-order valence-corrected chi connectivity index (χ3v) is 2.95. The van der Waals surface area contributed by atoms with E-state index in [9.17, 15) is 25.4 Å². The predicted octanol–water partition coefficient (Wildman–Crippen LogP) is 0.961. The van der Waals surface area contributed by atoms with Crippen LogP contribution in [0.5, 0.6) is 5.75 Å². The van der Waals surface area contributed by atoms with E-state index in [1.54, 1.807) is 6.07 Å². The summed E-state index contributed by atoms with van der Waals surface area (Å²) >= 11 is 2.93. The lowest BCUT2D eigenvalue weighted by atomic mass is 10.0. The van der Waals surface area contributed by atoms with Crippen molar-refractivity contribution in [1.82, 2.24) is 0 Å². The van der Waals surface area contributed by atoms with Gasteiger partial charge >= 0.3 is 5.69 Å². The first-order valence-corrected chi connectivity index (χ1v) is 5.88. The van der Waals surface area contributed by atoms with Crippen LogP contribution in [0.4, 0.5) is 5.69 Å². The van der Waals surface area contributed by atoms with Gasteiger partial charge < -0.3 is 15.3 Å². The van der Waals surface area contributed by atoms with E-state index in [1.807, 2.05) is 0 Å². The highest BCUT2D eigenvalue weighted by atomic mass is 79.9. The maximum absolute atomic E-state index is 10.7. The third kappa shape index (κ3) is 2.76. The summed E-state index contributed by atoms with van der Waals surface area (Å²) in [6.45, 7) is 0. The molecule has 0 amide bonds. The number of aliphatic hydroxyl groups is 2. The van der Waals surface area contributed by atoms with Crippen LogP contribution in [0, 0.1) is 21.4 Å². The number of aliphatic hydroxyl groups excluding tert-OH is 2. The molecular formula is C10H9BrN2O5. The molecule has 1 aromatic rings. The highest BCUT2D eigenvalue weighted by Gasteiger charge is 2.27. The van der Waals surface area contributed by atoms with Crippen LogP contribution in [-0.4, -0.2) is 31.7 Å². The van der Waals surface area contributed by atoms with Crippen molar-refractivity contribution in [2.45, 2.75) is 12.2 Å². The number of benzene rings is 1. The van der Waals surface area contributed by atoms with Gasteiger partial charge in [0, 0.05) is 17.0 Å². The van der Waals surface area contributed by atoms with Crippen molar-refractivity contribution < 1.29 is 20.2 Å². The van der Waals surface area contributed by atoms with Crippen molar-refractivity contribution in [1.29, 1.82) is 5.26 Å². The summed E-state index contributed by atoms with van der Waals surface area (Å²) in [4.78, 5) is 9.82. The smallest absolute Gasteiger partial charge is 0.312 e. The van der Waals surface area contributed by atoms with Gasteiger partial charge in [-0.15, -0.1) is 0 Å². The van der Waals surface area contributed by atoms with Crippen LogP contribution >= 0.6 is 15.9 Å². The van der Waals surface area contributed by atoms with Crippen LogP contribution < -0.4 is 0 Å². The molecule has 1 aromatic carbocycles. The maximum atomic E-state index is 10.7. The van der Waals surface area contributed by atoms with Gasteiger partial charge in [0.25, 0.3) is 0 Å². The number of nitro benzene ring substituents is 1. The van der Waals surface area contributed by atoms with E-state index in [2.05, 4.69) is 15.9 Å². The van der Waals surface area contributed by atoms with E-state index in [0.717, 1.165) is 12.1 Å². The summed E-state index contributed by atoms with van der Waals surface area (Å²) in [7, 11) is 0. The summed E-state index contributed by atoms with van der Waals surface area (Å²) in [5.74, 6) is -0.758. The third-order valence-electron chi connectivity index (χ3n) is 2.29. The van der Waals surface area contributed by atoms with E-state index in [-0.39, 0.29) is 16.5 Å². The highest BCUT2D eigenvalue weighted by Crippen LogP contribution is 2.36. The molecule has 0 aliphatic rings. The van der Waals surface area contributed by atoms with E-state index >= 15 is 0 Å². The van der Waals surface area contributed by atoms with Crippen LogP contribution in [0.2, 0.25) is 0 Å². The molecule has 7 nitrogen and oxygen atoms in total. The Balaban J connectivity index is 3.40. The molecule has 2 unspecified atom stereocenters. The fraction of sp³-hybridized carbons (Fsp3) is 0.300. The second-order valence-corrected chi connectivity index (χ2v) is 4.12. The second kappa shape index (κ2) is 5.77. The zero-order chi connectivity index (χ0) is 13.9. The number of phenols is 1. The van der Waals surface area contributed by atoms with Crippen molar-refractivity contribution in [3.8, 4) is 11.8 Å². The Labute approximate surface area is 110 Å². The minimum absolute atomic E-state index is 0.0121. The minimum atomic E-state index is -1.53. The Bertz CT molecular complexity index is 514. The first-order valence-electron chi connectivity index (χ1n) is 4.75. The lowest BCUT2D eigenvalue weighted by Gasteiger charge is -2.17. The van der Waals surface area contributed by atoms with Crippen LogP contribution in [0.25, 0.3) is 0 Å². The van der Waals surface area contributed by atoms with Crippen molar-refractivity contribution >= 4 is 21.6 Å². The molecular weight excluding hydrogens is 308 g/mol. The minimum Gasteiger partial charge on any atom is -0.502 e. The van der Waals surface area contributed by atoms with Gasteiger partial charge in [0.05, 0.1) is 22.7 Å². The standard InChI is InChI=1S/C10H9BrN2O5/c11-3-8(14)10(16)6-1-5(4-12)2-7(9(6)15)13(17)18/h1-2,8,10,14-16H,3H2. The number of alkyl halides is 1. The summed E-state index contributed by atoms with van der Waals surface area (Å²) < 4.78 is 0. The van der Waals surface area contributed by atoms with Gasteiger partial charge in [-0.25, -0.2) is 0 Å². The van der Waals surface area contributed by atoms with E-state index in [4.69, 9.17) is 5.26 Å². The predicted molar refractivity (Wildman–Crippen MR) is 64.2 cm³/mol. The number of nitrogens with zero attached hydrogens (tertiary/aromatic N) is 2. The summed E-state index contributed by atoms with van der Waals surface area (Å²) in [5.41, 5.74) is -1.03. The number of nitriles is 1. The summed E-state index contributed by atoms with van der Waals surface area (Å²) in [5, 5.41) is 48.2. The SMILES string of the molecule is N#Cc1cc(C(O)C(O)CBr)c(O)c([N+](=O)[O-])c1. The molecule has 1 rings (SSSR count). The fourth-order valence-electron chi connectivity index (χ4n) is 1.36. The largest absolute Gasteiger partial charge is 0.502 e. The number of hydrogen-bond donors (Lipinski definition) is 3. The molecule has 0 fully saturated rings. The van der Waals surface area contributed by atoms with Crippen molar-refractivity contribution in [3.05, 3.63) is 33.4 Å². The van der Waals surface area contributed by atoms with E-state index in [0.29, 0.717) is 0 Å². The number of aromatic hydroxyl groups is 1. The first-order chi connectivity index (χ1) is 8.42. The zero-order valence-electron chi connectivity index (χ0n) is 8.95. The lowest BCUT2D eigenvalue weighted by Crippen LogP contribution is -2.20. The van der Waals surface area contributed by atoms with Crippen molar-refractivity contribution in [2.75, 3.05) is 5.33 Å². The Kier molecular flexibility index (Phi) is 4.61. The topological polar surface area (TPSA) is 128 Å². The van der Waals surface area contributed by atoms with Crippen LogP contribution in [0.3, 0.4) is 0 Å². The summed E-state index contributed by atoms with van der Waals surface area (Å²) in [6.07, 6.45) is -2.79. The molecule has 0 aliphatic carbocycles. The quantitative estimate of drug-likeness (QED) is 0.431. The molecule has 2 atom stereocenters. The molecule has 0 aliphatic heterocycles. The molecule has 0 radical (unpaired) electrons. The average Bonchev–Trinajstić information content (AvgIpc) is 2.36. The Morgan fingerprint density at radius 2 is 2.11 bits per heavy atom. The van der Waals surface area contributed by atoms with Gasteiger partial charge in [-0.2, -0.15) is 5.26 Å². The molecule has 0 aromatic heterocycles.